The van der Waals surface area contributed by atoms with Crippen LogP contribution in [0.1, 0.15) is 32.6 Å². The van der Waals surface area contributed by atoms with Gasteiger partial charge < -0.3 is 11.1 Å². The minimum absolute atomic E-state index is 0.0655. The number of sulfonamides is 1. The van der Waals surface area contributed by atoms with E-state index in [-0.39, 0.29) is 10.4 Å². The maximum Gasteiger partial charge on any atom is 0.242 e. The molecule has 0 saturated heterocycles. The Bertz CT molecular complexity index is 590. The first-order valence-electron chi connectivity index (χ1n) is 6.85. The van der Waals surface area contributed by atoms with Crippen molar-refractivity contribution in [2.24, 2.45) is 0 Å². The summed E-state index contributed by atoms with van der Waals surface area (Å²) in [4.78, 5) is 0.224. The van der Waals surface area contributed by atoms with E-state index in [2.05, 4.69) is 12.2 Å². The molecule has 0 spiro atoms. The summed E-state index contributed by atoms with van der Waals surface area (Å²) in [6.45, 7) is 2.18. The monoisotopic (exact) mass is 297 g/mol. The molecule has 112 valence electrons. The van der Waals surface area contributed by atoms with Crippen LogP contribution in [0.4, 0.5) is 11.4 Å². The molecule has 0 unspecified atom stereocenters. The van der Waals surface area contributed by atoms with Gasteiger partial charge in [0.1, 0.15) is 0 Å². The molecule has 1 aliphatic carbocycles. The van der Waals surface area contributed by atoms with Gasteiger partial charge in [-0.1, -0.05) is 12.8 Å². The summed E-state index contributed by atoms with van der Waals surface area (Å²) in [7, 11) is -0.411. The van der Waals surface area contributed by atoms with Crippen LogP contribution in [0.25, 0.3) is 0 Å². The molecule has 0 aromatic heterocycles. The molecule has 1 aromatic carbocycles. The van der Waals surface area contributed by atoms with Gasteiger partial charge in [0, 0.05) is 19.6 Å². The van der Waals surface area contributed by atoms with E-state index in [4.69, 9.17) is 5.73 Å². The van der Waals surface area contributed by atoms with E-state index in [9.17, 15) is 8.42 Å². The zero-order valence-electron chi connectivity index (χ0n) is 12.3. The fraction of sp³-hybridized carbons (Fsp3) is 0.571. The quantitative estimate of drug-likeness (QED) is 0.836. The number of nitrogens with one attached hydrogen (secondary N) is 1. The second-order valence-corrected chi connectivity index (χ2v) is 8.08. The molecule has 1 fully saturated rings. The predicted octanol–water partition coefficient (Wildman–Crippen LogP) is 2.26. The first kappa shape index (κ1) is 15.1. The Morgan fingerprint density at radius 2 is 1.85 bits per heavy atom. The van der Waals surface area contributed by atoms with Crippen LogP contribution in [-0.4, -0.2) is 32.4 Å². The Morgan fingerprint density at radius 3 is 2.35 bits per heavy atom. The van der Waals surface area contributed by atoms with Crippen LogP contribution in [0.15, 0.2) is 23.1 Å². The van der Waals surface area contributed by atoms with E-state index in [1.54, 1.807) is 12.1 Å². The van der Waals surface area contributed by atoms with Crippen LogP contribution < -0.4 is 11.1 Å². The highest BCUT2D eigenvalue weighted by molar-refractivity contribution is 7.89. The second-order valence-electron chi connectivity index (χ2n) is 5.93. The van der Waals surface area contributed by atoms with E-state index in [0.717, 1.165) is 18.5 Å². The van der Waals surface area contributed by atoms with Crippen LogP contribution in [0.3, 0.4) is 0 Å². The SMILES string of the molecule is CN(C)S(=O)(=O)c1ccc(NC2(C)CCCC2)c(N)c1. The van der Waals surface area contributed by atoms with Crippen molar-refractivity contribution in [2.45, 2.75) is 43.0 Å². The third-order valence-corrected chi connectivity index (χ3v) is 5.76. The topological polar surface area (TPSA) is 75.4 Å². The number of hydrogen-bond donors (Lipinski definition) is 2. The maximum atomic E-state index is 12.1. The summed E-state index contributed by atoms with van der Waals surface area (Å²) in [6, 6.07) is 4.89. The molecule has 0 heterocycles. The molecule has 0 amide bonds. The molecular formula is C14H23N3O2S. The summed E-state index contributed by atoms with van der Waals surface area (Å²) in [5, 5.41) is 3.46. The Morgan fingerprint density at radius 1 is 1.25 bits per heavy atom. The van der Waals surface area contributed by atoms with Gasteiger partial charge in [0.25, 0.3) is 0 Å². The number of nitrogens with zero attached hydrogens (tertiary/aromatic N) is 1. The smallest absolute Gasteiger partial charge is 0.242 e. The van der Waals surface area contributed by atoms with Gasteiger partial charge in [0.05, 0.1) is 16.3 Å². The number of nitrogen functional groups attached to an aromatic ring is 1. The molecular weight excluding hydrogens is 274 g/mol. The van der Waals surface area contributed by atoms with Crippen LogP contribution in [0, 0.1) is 0 Å². The lowest BCUT2D eigenvalue weighted by molar-refractivity contribution is 0.520. The molecule has 1 saturated carbocycles. The normalized spacial score (nSPS) is 18.4. The van der Waals surface area contributed by atoms with Crippen LogP contribution in [0.5, 0.6) is 0 Å². The summed E-state index contributed by atoms with van der Waals surface area (Å²) in [6.07, 6.45) is 4.67. The van der Waals surface area contributed by atoms with E-state index < -0.39 is 10.0 Å². The summed E-state index contributed by atoms with van der Waals surface area (Å²) < 4.78 is 25.3. The minimum atomic E-state index is -3.43. The lowest BCUT2D eigenvalue weighted by atomic mass is 10.00. The summed E-state index contributed by atoms with van der Waals surface area (Å²) >= 11 is 0. The van der Waals surface area contributed by atoms with Crippen molar-refractivity contribution >= 4 is 21.4 Å². The van der Waals surface area contributed by atoms with E-state index in [0.29, 0.717) is 5.69 Å². The number of rotatable bonds is 4. The summed E-state index contributed by atoms with van der Waals surface area (Å²) in [5.41, 5.74) is 7.36. The molecule has 6 heteroatoms. The van der Waals surface area contributed by atoms with Gasteiger partial charge in [-0.15, -0.1) is 0 Å². The highest BCUT2D eigenvalue weighted by atomic mass is 32.2. The van der Waals surface area contributed by atoms with Crippen molar-refractivity contribution in [1.29, 1.82) is 0 Å². The van der Waals surface area contributed by atoms with E-state index in [1.807, 2.05) is 0 Å². The van der Waals surface area contributed by atoms with Crippen molar-refractivity contribution in [3.05, 3.63) is 18.2 Å². The number of nitrogens with two attached hydrogens (primary N) is 1. The molecule has 0 radical (unpaired) electrons. The molecule has 1 aromatic rings. The highest BCUT2D eigenvalue weighted by Gasteiger charge is 2.29. The number of anilines is 2. The van der Waals surface area contributed by atoms with Gasteiger partial charge in [-0.25, -0.2) is 12.7 Å². The Labute approximate surface area is 121 Å². The second kappa shape index (κ2) is 5.26. The van der Waals surface area contributed by atoms with Gasteiger partial charge in [-0.05, 0) is 38.0 Å². The molecule has 0 bridgehead atoms. The van der Waals surface area contributed by atoms with Crippen molar-refractivity contribution in [1.82, 2.24) is 4.31 Å². The lowest BCUT2D eigenvalue weighted by Gasteiger charge is -2.27. The molecule has 3 N–H and O–H groups in total. The Kier molecular flexibility index (Phi) is 3.97. The first-order valence-corrected chi connectivity index (χ1v) is 8.29. The van der Waals surface area contributed by atoms with Gasteiger partial charge in [0.2, 0.25) is 10.0 Å². The fourth-order valence-corrected chi connectivity index (χ4v) is 3.57. The largest absolute Gasteiger partial charge is 0.397 e. The Balaban J connectivity index is 2.27. The van der Waals surface area contributed by atoms with E-state index in [1.165, 1.54) is 37.3 Å². The molecule has 5 nitrogen and oxygen atoms in total. The highest BCUT2D eigenvalue weighted by Crippen LogP contribution is 2.35. The molecule has 0 aliphatic heterocycles. The zero-order valence-corrected chi connectivity index (χ0v) is 13.1. The third kappa shape index (κ3) is 2.91. The maximum absolute atomic E-state index is 12.1. The average Bonchev–Trinajstić information content (AvgIpc) is 2.78. The third-order valence-electron chi connectivity index (χ3n) is 3.95. The zero-order chi connectivity index (χ0) is 15.0. The number of hydrogen-bond acceptors (Lipinski definition) is 4. The van der Waals surface area contributed by atoms with Gasteiger partial charge in [0.15, 0.2) is 0 Å². The van der Waals surface area contributed by atoms with Crippen molar-refractivity contribution in [2.75, 3.05) is 25.1 Å². The fourth-order valence-electron chi connectivity index (χ4n) is 2.63. The Hall–Kier alpha value is -1.27. The average molecular weight is 297 g/mol. The molecule has 20 heavy (non-hydrogen) atoms. The molecule has 0 atom stereocenters. The standard InChI is InChI=1S/C14H23N3O2S/c1-14(8-4-5-9-14)16-13-7-6-11(10-12(13)15)20(18,19)17(2)3/h6-7,10,16H,4-5,8-9,15H2,1-3H3. The van der Waals surface area contributed by atoms with Gasteiger partial charge >= 0.3 is 0 Å². The van der Waals surface area contributed by atoms with Crippen LogP contribution in [-0.2, 0) is 10.0 Å². The number of benzene rings is 1. The van der Waals surface area contributed by atoms with Gasteiger partial charge in [-0.2, -0.15) is 0 Å². The predicted molar refractivity (Wildman–Crippen MR) is 82.2 cm³/mol. The minimum Gasteiger partial charge on any atom is -0.397 e. The van der Waals surface area contributed by atoms with Crippen molar-refractivity contribution in [3.63, 3.8) is 0 Å². The van der Waals surface area contributed by atoms with Crippen LogP contribution >= 0.6 is 0 Å². The van der Waals surface area contributed by atoms with Crippen molar-refractivity contribution < 1.29 is 8.42 Å². The molecule has 2 rings (SSSR count). The van der Waals surface area contributed by atoms with Crippen LogP contribution in [0.2, 0.25) is 0 Å². The summed E-state index contributed by atoms with van der Waals surface area (Å²) in [5.74, 6) is 0. The molecule has 1 aliphatic rings. The first-order chi connectivity index (χ1) is 9.24. The lowest BCUT2D eigenvalue weighted by Crippen LogP contribution is -2.31. The van der Waals surface area contributed by atoms with Gasteiger partial charge in [-0.3, -0.25) is 0 Å². The van der Waals surface area contributed by atoms with Crippen molar-refractivity contribution in [3.8, 4) is 0 Å². The van der Waals surface area contributed by atoms with E-state index >= 15 is 0 Å².